The highest BCUT2D eigenvalue weighted by Gasteiger charge is 2.12. The molecule has 1 aromatic heterocycles. The van der Waals surface area contributed by atoms with E-state index < -0.39 is 5.91 Å². The van der Waals surface area contributed by atoms with Gasteiger partial charge in [0.05, 0.1) is 17.4 Å². The molecule has 0 atom stereocenters. The van der Waals surface area contributed by atoms with Crippen LogP contribution in [-0.2, 0) is 0 Å². The van der Waals surface area contributed by atoms with Crippen molar-refractivity contribution >= 4 is 23.1 Å². The van der Waals surface area contributed by atoms with Crippen molar-refractivity contribution in [3.63, 3.8) is 0 Å². The fourth-order valence-corrected chi connectivity index (χ4v) is 1.67. The first-order chi connectivity index (χ1) is 8.99. The highest BCUT2D eigenvalue weighted by Crippen LogP contribution is 2.24. The number of nitrogens with two attached hydrogens (primary N) is 2. The van der Waals surface area contributed by atoms with Crippen LogP contribution in [0.1, 0.15) is 10.4 Å². The molecule has 2 rings (SSSR count). The second-order valence-corrected chi connectivity index (χ2v) is 4.03. The molecule has 98 valence electrons. The number of hydrogen-bond acceptors (Lipinski definition) is 4. The van der Waals surface area contributed by atoms with Crippen LogP contribution < -0.4 is 16.4 Å². The van der Waals surface area contributed by atoms with Gasteiger partial charge in [-0.1, -0.05) is 6.07 Å². The van der Waals surface area contributed by atoms with Crippen LogP contribution in [0.25, 0.3) is 0 Å². The van der Waals surface area contributed by atoms with Crippen LogP contribution in [0.2, 0.25) is 0 Å². The van der Waals surface area contributed by atoms with E-state index >= 15 is 0 Å². The van der Waals surface area contributed by atoms with Crippen LogP contribution in [0.5, 0.6) is 0 Å². The van der Waals surface area contributed by atoms with Gasteiger partial charge in [-0.05, 0) is 24.3 Å². The second-order valence-electron chi connectivity index (χ2n) is 4.03. The summed E-state index contributed by atoms with van der Waals surface area (Å²) in [4.78, 5) is 17.0. The summed E-state index contributed by atoms with van der Waals surface area (Å²) >= 11 is 0. The molecule has 0 saturated carbocycles. The van der Waals surface area contributed by atoms with Crippen LogP contribution in [0.4, 0.5) is 21.6 Å². The summed E-state index contributed by atoms with van der Waals surface area (Å²) in [6, 6.07) is 7.51. The zero-order valence-electron chi connectivity index (χ0n) is 10.3. The molecule has 0 radical (unpaired) electrons. The molecular weight excluding hydrogens is 247 g/mol. The number of primary amides is 1. The first kappa shape index (κ1) is 12.8. The number of carbonyl (C=O) groups excluding carboxylic acids is 1. The highest BCUT2D eigenvalue weighted by atomic mass is 19.1. The number of halogens is 1. The Morgan fingerprint density at radius 1 is 1.37 bits per heavy atom. The van der Waals surface area contributed by atoms with Crippen LogP contribution >= 0.6 is 0 Å². The summed E-state index contributed by atoms with van der Waals surface area (Å²) < 4.78 is 13.2. The molecule has 0 aliphatic rings. The van der Waals surface area contributed by atoms with Gasteiger partial charge in [0, 0.05) is 12.7 Å². The molecule has 4 N–H and O–H groups in total. The number of amides is 1. The molecule has 5 nitrogen and oxygen atoms in total. The van der Waals surface area contributed by atoms with E-state index in [2.05, 4.69) is 4.98 Å². The van der Waals surface area contributed by atoms with E-state index in [0.717, 1.165) is 0 Å². The van der Waals surface area contributed by atoms with Gasteiger partial charge in [0.1, 0.15) is 11.6 Å². The first-order valence-electron chi connectivity index (χ1n) is 5.53. The second kappa shape index (κ2) is 4.93. The summed E-state index contributed by atoms with van der Waals surface area (Å²) in [5, 5.41) is 0. The Hall–Kier alpha value is -2.63. The summed E-state index contributed by atoms with van der Waals surface area (Å²) in [5.74, 6) is -0.530. The van der Waals surface area contributed by atoms with Crippen LogP contribution in [-0.4, -0.2) is 17.9 Å². The number of rotatable bonds is 3. The topological polar surface area (TPSA) is 85.2 Å². The van der Waals surface area contributed by atoms with Crippen LogP contribution in [0.3, 0.4) is 0 Å². The lowest BCUT2D eigenvalue weighted by Gasteiger charge is -2.19. The Balaban J connectivity index is 2.42. The summed E-state index contributed by atoms with van der Waals surface area (Å²) in [6.07, 6.45) is 1.35. The zero-order chi connectivity index (χ0) is 14.0. The fourth-order valence-electron chi connectivity index (χ4n) is 1.67. The van der Waals surface area contributed by atoms with Gasteiger partial charge in [-0.25, -0.2) is 9.37 Å². The Labute approximate surface area is 109 Å². The third kappa shape index (κ3) is 2.62. The number of nitrogen functional groups attached to an aromatic ring is 1. The van der Waals surface area contributed by atoms with Gasteiger partial charge < -0.3 is 16.4 Å². The van der Waals surface area contributed by atoms with E-state index in [1.165, 1.54) is 24.4 Å². The Morgan fingerprint density at radius 3 is 2.74 bits per heavy atom. The van der Waals surface area contributed by atoms with E-state index in [-0.39, 0.29) is 17.1 Å². The molecule has 0 bridgehead atoms. The van der Waals surface area contributed by atoms with Gasteiger partial charge in [0.15, 0.2) is 0 Å². The molecule has 1 aromatic carbocycles. The van der Waals surface area contributed by atoms with E-state index in [4.69, 9.17) is 11.5 Å². The molecule has 19 heavy (non-hydrogen) atoms. The average molecular weight is 260 g/mol. The fraction of sp³-hybridized carbons (Fsp3) is 0.0769. The Kier molecular flexibility index (Phi) is 3.33. The number of hydrogen-bond donors (Lipinski definition) is 2. The number of aromatic nitrogens is 1. The highest BCUT2D eigenvalue weighted by molar-refractivity contribution is 5.98. The normalized spacial score (nSPS) is 10.2. The molecular formula is C13H13FN4O. The standard InChI is InChI=1S/C13H13FN4O/c1-18(9-4-2-3-8(14)5-9)12-6-10(13(16)19)11(15)7-17-12/h2-7H,15H2,1H3,(H2,16,19). The number of carbonyl (C=O) groups is 1. The predicted molar refractivity (Wildman–Crippen MR) is 71.6 cm³/mol. The molecule has 0 saturated heterocycles. The molecule has 0 aliphatic carbocycles. The number of benzene rings is 1. The number of nitrogens with zero attached hydrogens (tertiary/aromatic N) is 2. The molecule has 2 aromatic rings. The molecule has 0 aliphatic heterocycles. The monoisotopic (exact) mass is 260 g/mol. The van der Waals surface area contributed by atoms with Crippen LogP contribution in [0, 0.1) is 5.82 Å². The van der Waals surface area contributed by atoms with Gasteiger partial charge in [-0.3, -0.25) is 4.79 Å². The summed E-state index contributed by atoms with van der Waals surface area (Å²) in [5.41, 5.74) is 11.8. The van der Waals surface area contributed by atoms with Crippen molar-refractivity contribution in [2.45, 2.75) is 0 Å². The van der Waals surface area contributed by atoms with Gasteiger partial charge in [0.25, 0.3) is 5.91 Å². The minimum absolute atomic E-state index is 0.188. The molecule has 1 heterocycles. The van der Waals surface area contributed by atoms with E-state index in [9.17, 15) is 9.18 Å². The van der Waals surface area contributed by atoms with Crippen molar-refractivity contribution in [3.8, 4) is 0 Å². The molecule has 0 unspecified atom stereocenters. The van der Waals surface area contributed by atoms with Crippen molar-refractivity contribution in [2.75, 3.05) is 17.7 Å². The van der Waals surface area contributed by atoms with Gasteiger partial charge in [-0.15, -0.1) is 0 Å². The van der Waals surface area contributed by atoms with Gasteiger partial charge in [-0.2, -0.15) is 0 Å². The van der Waals surface area contributed by atoms with Crippen molar-refractivity contribution in [1.82, 2.24) is 4.98 Å². The third-order valence-electron chi connectivity index (χ3n) is 2.72. The quantitative estimate of drug-likeness (QED) is 0.879. The Morgan fingerprint density at radius 2 is 2.11 bits per heavy atom. The molecule has 0 fully saturated rings. The smallest absolute Gasteiger partial charge is 0.250 e. The minimum Gasteiger partial charge on any atom is -0.397 e. The van der Waals surface area contributed by atoms with Crippen molar-refractivity contribution in [3.05, 3.63) is 47.9 Å². The van der Waals surface area contributed by atoms with E-state index in [0.29, 0.717) is 11.5 Å². The maximum Gasteiger partial charge on any atom is 0.250 e. The third-order valence-corrected chi connectivity index (χ3v) is 2.72. The predicted octanol–water partition coefficient (Wildman–Crippen LogP) is 1.67. The van der Waals surface area contributed by atoms with E-state index in [1.54, 1.807) is 24.1 Å². The molecule has 6 heteroatoms. The molecule has 0 spiro atoms. The van der Waals surface area contributed by atoms with Gasteiger partial charge in [0.2, 0.25) is 0 Å². The maximum atomic E-state index is 13.2. The average Bonchev–Trinajstić information content (AvgIpc) is 2.38. The number of anilines is 3. The first-order valence-corrected chi connectivity index (χ1v) is 5.53. The van der Waals surface area contributed by atoms with Crippen molar-refractivity contribution < 1.29 is 9.18 Å². The lowest BCUT2D eigenvalue weighted by atomic mass is 10.2. The maximum absolute atomic E-state index is 13.2. The summed E-state index contributed by atoms with van der Waals surface area (Å²) in [6.45, 7) is 0. The lowest BCUT2D eigenvalue weighted by Crippen LogP contribution is -2.17. The van der Waals surface area contributed by atoms with E-state index in [1.807, 2.05) is 0 Å². The Bertz CT molecular complexity index is 630. The van der Waals surface area contributed by atoms with Gasteiger partial charge >= 0.3 is 0 Å². The van der Waals surface area contributed by atoms with Crippen LogP contribution in [0.15, 0.2) is 36.5 Å². The largest absolute Gasteiger partial charge is 0.397 e. The lowest BCUT2D eigenvalue weighted by molar-refractivity contribution is 0.100. The zero-order valence-corrected chi connectivity index (χ0v) is 10.3. The van der Waals surface area contributed by atoms with Crippen molar-refractivity contribution in [1.29, 1.82) is 0 Å². The van der Waals surface area contributed by atoms with Crippen molar-refractivity contribution in [2.24, 2.45) is 5.73 Å². The molecule has 1 amide bonds. The SMILES string of the molecule is CN(c1cccc(F)c1)c1cc(C(N)=O)c(N)cn1. The number of pyridine rings is 1. The summed E-state index contributed by atoms with van der Waals surface area (Å²) in [7, 11) is 1.71. The minimum atomic E-state index is -0.631.